The van der Waals surface area contributed by atoms with Gasteiger partial charge in [0.05, 0.1) is 12.2 Å². The van der Waals surface area contributed by atoms with Crippen molar-refractivity contribution in [2.45, 2.75) is 52.7 Å². The highest BCUT2D eigenvalue weighted by molar-refractivity contribution is 6.30. The summed E-state index contributed by atoms with van der Waals surface area (Å²) in [5.74, 6) is 2.02. The van der Waals surface area contributed by atoms with E-state index in [0.29, 0.717) is 5.15 Å². The fourth-order valence-corrected chi connectivity index (χ4v) is 2.58. The lowest BCUT2D eigenvalue weighted by molar-refractivity contribution is -0.00551. The van der Waals surface area contributed by atoms with Crippen LogP contribution in [0.4, 0.5) is 5.82 Å². The summed E-state index contributed by atoms with van der Waals surface area (Å²) < 4.78 is 5.77. The molecule has 2 heterocycles. The monoisotopic (exact) mass is 283 g/mol. The molecular weight excluding hydrogens is 262 g/mol. The average molecular weight is 284 g/mol. The first-order chi connectivity index (χ1) is 8.88. The molecule has 2 unspecified atom stereocenters. The van der Waals surface area contributed by atoms with Crippen molar-refractivity contribution in [2.75, 3.05) is 18.0 Å². The highest BCUT2D eigenvalue weighted by atomic mass is 35.5. The Morgan fingerprint density at radius 2 is 1.79 bits per heavy atom. The highest BCUT2D eigenvalue weighted by Crippen LogP contribution is 2.28. The first kappa shape index (κ1) is 14.5. The fourth-order valence-electron chi connectivity index (χ4n) is 2.41. The molecule has 0 bridgehead atoms. The van der Waals surface area contributed by atoms with Gasteiger partial charge in [0.2, 0.25) is 0 Å². The van der Waals surface area contributed by atoms with Crippen molar-refractivity contribution >= 4 is 17.4 Å². The van der Waals surface area contributed by atoms with Gasteiger partial charge < -0.3 is 9.64 Å². The van der Waals surface area contributed by atoms with Gasteiger partial charge in [-0.05, 0) is 20.8 Å². The van der Waals surface area contributed by atoms with Crippen molar-refractivity contribution < 1.29 is 4.74 Å². The van der Waals surface area contributed by atoms with Gasteiger partial charge in [0, 0.05) is 24.6 Å². The Morgan fingerprint density at radius 3 is 2.32 bits per heavy atom. The Balaban J connectivity index is 2.37. The predicted molar refractivity (Wildman–Crippen MR) is 78.1 cm³/mol. The molecule has 4 nitrogen and oxygen atoms in total. The third-order valence-corrected chi connectivity index (χ3v) is 3.68. The van der Waals surface area contributed by atoms with Gasteiger partial charge in [-0.15, -0.1) is 0 Å². The topological polar surface area (TPSA) is 38.2 Å². The Hall–Kier alpha value is -0.870. The summed E-state index contributed by atoms with van der Waals surface area (Å²) in [5.41, 5.74) is 0.951. The molecule has 0 aromatic carbocycles. The van der Waals surface area contributed by atoms with Gasteiger partial charge in [-0.25, -0.2) is 9.97 Å². The lowest BCUT2D eigenvalue weighted by Crippen LogP contribution is -2.46. The van der Waals surface area contributed by atoms with E-state index in [2.05, 4.69) is 37.6 Å². The molecule has 0 N–H and O–H groups in total. The van der Waals surface area contributed by atoms with E-state index in [9.17, 15) is 0 Å². The Labute approximate surface area is 120 Å². The van der Waals surface area contributed by atoms with Crippen LogP contribution >= 0.6 is 11.6 Å². The van der Waals surface area contributed by atoms with Crippen molar-refractivity contribution in [2.24, 2.45) is 0 Å². The van der Waals surface area contributed by atoms with E-state index in [1.54, 1.807) is 0 Å². The maximum atomic E-state index is 6.25. The molecule has 1 saturated heterocycles. The van der Waals surface area contributed by atoms with E-state index in [0.717, 1.165) is 30.3 Å². The number of hydrogen-bond acceptors (Lipinski definition) is 4. The summed E-state index contributed by atoms with van der Waals surface area (Å²) in [5, 5.41) is 0.556. The second-order valence-electron chi connectivity index (χ2n) is 5.64. The molecular formula is C14H22ClN3O. The number of hydrogen-bond donors (Lipinski definition) is 0. The molecule has 0 saturated carbocycles. The lowest BCUT2D eigenvalue weighted by Gasteiger charge is -2.37. The molecule has 1 aliphatic heterocycles. The van der Waals surface area contributed by atoms with E-state index in [4.69, 9.17) is 21.3 Å². The van der Waals surface area contributed by atoms with Gasteiger partial charge in [-0.1, -0.05) is 25.4 Å². The van der Waals surface area contributed by atoms with Gasteiger partial charge in [-0.3, -0.25) is 0 Å². The summed E-state index contributed by atoms with van der Waals surface area (Å²) in [6, 6.07) is 0. The predicted octanol–water partition coefficient (Wildman–Crippen LogP) is 3.18. The zero-order valence-electron chi connectivity index (χ0n) is 12.3. The van der Waals surface area contributed by atoms with Crippen LogP contribution in [0.3, 0.4) is 0 Å². The van der Waals surface area contributed by atoms with Crippen LogP contribution in [0.2, 0.25) is 5.15 Å². The van der Waals surface area contributed by atoms with Crippen molar-refractivity contribution in [1.82, 2.24) is 9.97 Å². The Kier molecular flexibility index (Phi) is 4.31. The Bertz CT molecular complexity index is 454. The van der Waals surface area contributed by atoms with Gasteiger partial charge in [-0.2, -0.15) is 0 Å². The van der Waals surface area contributed by atoms with Crippen LogP contribution in [0.1, 0.15) is 45.0 Å². The largest absolute Gasteiger partial charge is 0.372 e. The molecule has 0 radical (unpaired) electrons. The Morgan fingerprint density at radius 1 is 1.21 bits per heavy atom. The summed E-state index contributed by atoms with van der Waals surface area (Å²) in [6.07, 6.45) is 0.416. The quantitative estimate of drug-likeness (QED) is 0.782. The number of rotatable bonds is 2. The van der Waals surface area contributed by atoms with Gasteiger partial charge in [0.1, 0.15) is 16.8 Å². The van der Waals surface area contributed by atoms with Crippen LogP contribution in [0, 0.1) is 6.92 Å². The lowest BCUT2D eigenvalue weighted by atomic mass is 10.2. The minimum atomic E-state index is 0.208. The van der Waals surface area contributed by atoms with E-state index < -0.39 is 0 Å². The summed E-state index contributed by atoms with van der Waals surface area (Å²) in [4.78, 5) is 11.3. The molecule has 2 atom stereocenters. The molecule has 0 spiro atoms. The average Bonchev–Trinajstić information content (AvgIpc) is 2.30. The van der Waals surface area contributed by atoms with Crippen molar-refractivity contribution in [3.63, 3.8) is 0 Å². The first-order valence-electron chi connectivity index (χ1n) is 6.83. The molecule has 1 fully saturated rings. The third-order valence-electron chi connectivity index (χ3n) is 3.31. The number of aromatic nitrogens is 2. The normalized spacial score (nSPS) is 24.1. The zero-order valence-corrected chi connectivity index (χ0v) is 13.0. The van der Waals surface area contributed by atoms with E-state index in [-0.39, 0.29) is 18.1 Å². The second-order valence-corrected chi connectivity index (χ2v) is 6.00. The van der Waals surface area contributed by atoms with Crippen molar-refractivity contribution in [1.29, 1.82) is 0 Å². The number of morpholine rings is 1. The summed E-state index contributed by atoms with van der Waals surface area (Å²) >= 11 is 6.25. The maximum Gasteiger partial charge on any atom is 0.137 e. The number of ether oxygens (including phenoxy) is 1. The highest BCUT2D eigenvalue weighted by Gasteiger charge is 2.25. The number of anilines is 1. The van der Waals surface area contributed by atoms with Crippen LogP contribution in [-0.4, -0.2) is 35.3 Å². The molecule has 2 rings (SSSR count). The molecule has 1 aliphatic rings. The smallest absolute Gasteiger partial charge is 0.137 e. The maximum absolute atomic E-state index is 6.25. The van der Waals surface area contributed by atoms with E-state index in [1.807, 2.05) is 6.92 Å². The van der Waals surface area contributed by atoms with Gasteiger partial charge in [0.15, 0.2) is 0 Å². The van der Waals surface area contributed by atoms with Crippen LogP contribution in [0.15, 0.2) is 0 Å². The molecule has 1 aromatic heterocycles. The van der Waals surface area contributed by atoms with Crippen molar-refractivity contribution in [3.8, 4) is 0 Å². The third kappa shape index (κ3) is 3.18. The minimum absolute atomic E-state index is 0.208. The van der Waals surface area contributed by atoms with Crippen LogP contribution in [0.25, 0.3) is 0 Å². The zero-order chi connectivity index (χ0) is 14.2. The number of nitrogens with zero attached hydrogens (tertiary/aromatic N) is 3. The summed E-state index contributed by atoms with van der Waals surface area (Å²) in [6.45, 7) is 12.0. The molecule has 5 heteroatoms. The molecule has 106 valence electrons. The molecule has 0 amide bonds. The van der Waals surface area contributed by atoms with E-state index >= 15 is 0 Å². The fraction of sp³-hybridized carbons (Fsp3) is 0.714. The minimum Gasteiger partial charge on any atom is -0.372 e. The van der Waals surface area contributed by atoms with Gasteiger partial charge in [0.25, 0.3) is 0 Å². The van der Waals surface area contributed by atoms with Crippen molar-refractivity contribution in [3.05, 3.63) is 16.5 Å². The van der Waals surface area contributed by atoms with Crippen LogP contribution < -0.4 is 4.90 Å². The molecule has 1 aromatic rings. The van der Waals surface area contributed by atoms with Crippen LogP contribution in [0.5, 0.6) is 0 Å². The SMILES string of the molecule is Cc1c(Cl)nc(C(C)C)nc1N1CC(C)OC(C)C1. The first-order valence-corrected chi connectivity index (χ1v) is 7.20. The van der Waals surface area contributed by atoms with Crippen LogP contribution in [-0.2, 0) is 4.74 Å². The van der Waals surface area contributed by atoms with Gasteiger partial charge >= 0.3 is 0 Å². The standard InChI is InChI=1S/C14H22ClN3O/c1-8(2)13-16-12(15)11(5)14(17-13)18-6-9(3)19-10(4)7-18/h8-10H,6-7H2,1-5H3. The number of halogens is 1. The molecule has 0 aliphatic carbocycles. The van der Waals surface area contributed by atoms with E-state index in [1.165, 1.54) is 0 Å². The molecule has 19 heavy (non-hydrogen) atoms. The summed E-state index contributed by atoms with van der Waals surface area (Å²) in [7, 11) is 0. The second kappa shape index (κ2) is 5.63.